The van der Waals surface area contributed by atoms with E-state index in [1.54, 1.807) is 6.07 Å². The van der Waals surface area contributed by atoms with Crippen LogP contribution in [0.2, 0.25) is 0 Å². The first kappa shape index (κ1) is 8.71. The fourth-order valence-electron chi connectivity index (χ4n) is 2.09. The van der Waals surface area contributed by atoms with Crippen molar-refractivity contribution in [1.29, 1.82) is 0 Å². The number of anilines is 1. The highest BCUT2D eigenvalue weighted by atomic mass is 19.1. The van der Waals surface area contributed by atoms with Gasteiger partial charge in [-0.15, -0.1) is 0 Å². The van der Waals surface area contributed by atoms with E-state index < -0.39 is 0 Å². The maximum absolute atomic E-state index is 13.0. The molecule has 3 rings (SSSR count). The van der Waals surface area contributed by atoms with E-state index >= 15 is 0 Å². The van der Waals surface area contributed by atoms with E-state index in [-0.39, 0.29) is 5.82 Å². The van der Waals surface area contributed by atoms with Crippen LogP contribution >= 0.6 is 0 Å². The number of benzene rings is 1. The molecule has 1 unspecified atom stereocenters. The average molecular weight is 205 g/mol. The van der Waals surface area contributed by atoms with Crippen molar-refractivity contribution in [3.63, 3.8) is 0 Å². The Morgan fingerprint density at radius 1 is 1.53 bits per heavy atom. The second-order valence-electron chi connectivity index (χ2n) is 4.02. The van der Waals surface area contributed by atoms with E-state index in [2.05, 4.69) is 17.3 Å². The number of hydrogen-bond acceptors (Lipinski definition) is 2. The molecule has 1 aromatic heterocycles. The topological polar surface area (TPSA) is 29.9 Å². The molecule has 0 spiro atoms. The highest BCUT2D eigenvalue weighted by molar-refractivity contribution is 5.90. The first-order valence-electron chi connectivity index (χ1n) is 5.17. The van der Waals surface area contributed by atoms with E-state index in [9.17, 15) is 4.39 Å². The number of hydrogen-bond donors (Lipinski definition) is 1. The van der Waals surface area contributed by atoms with Crippen LogP contribution in [0, 0.1) is 5.82 Å². The quantitative estimate of drug-likeness (QED) is 0.716. The second kappa shape index (κ2) is 2.95. The standard InChI is InChI=1S/C11H12FN3/c1-7-4-5-13-11-9-3-2-8(12)6-10(9)14-15(7)11/h2-3,6-7,13H,4-5H2,1H3. The molecule has 0 fully saturated rings. The first-order chi connectivity index (χ1) is 7.25. The Morgan fingerprint density at radius 3 is 3.27 bits per heavy atom. The van der Waals surface area contributed by atoms with Crippen LogP contribution in [0.15, 0.2) is 18.2 Å². The zero-order chi connectivity index (χ0) is 10.4. The van der Waals surface area contributed by atoms with Crippen molar-refractivity contribution >= 4 is 16.7 Å². The van der Waals surface area contributed by atoms with Gasteiger partial charge in [-0.1, -0.05) is 0 Å². The Morgan fingerprint density at radius 2 is 2.40 bits per heavy atom. The molecular formula is C11H12FN3. The molecule has 0 aliphatic carbocycles. The molecule has 2 aromatic rings. The smallest absolute Gasteiger partial charge is 0.132 e. The lowest BCUT2D eigenvalue weighted by Crippen LogP contribution is -2.21. The zero-order valence-electron chi connectivity index (χ0n) is 8.50. The molecule has 0 radical (unpaired) electrons. The van der Waals surface area contributed by atoms with Crippen molar-refractivity contribution < 1.29 is 4.39 Å². The minimum Gasteiger partial charge on any atom is -0.370 e. The molecule has 0 saturated carbocycles. The van der Waals surface area contributed by atoms with Gasteiger partial charge in [0.05, 0.1) is 11.6 Å². The first-order valence-corrected chi connectivity index (χ1v) is 5.17. The van der Waals surface area contributed by atoms with Gasteiger partial charge in [-0.05, 0) is 25.5 Å². The number of halogens is 1. The fraction of sp³-hybridized carbons (Fsp3) is 0.364. The lowest BCUT2D eigenvalue weighted by atomic mass is 10.2. The minimum absolute atomic E-state index is 0.231. The molecule has 3 nitrogen and oxygen atoms in total. The van der Waals surface area contributed by atoms with Gasteiger partial charge < -0.3 is 5.32 Å². The molecule has 78 valence electrons. The fourth-order valence-corrected chi connectivity index (χ4v) is 2.09. The molecule has 2 heterocycles. The molecule has 0 amide bonds. The minimum atomic E-state index is -0.231. The third-order valence-electron chi connectivity index (χ3n) is 2.93. The number of nitrogens with zero attached hydrogens (tertiary/aromatic N) is 2. The summed E-state index contributed by atoms with van der Waals surface area (Å²) in [5, 5.41) is 8.73. The highest BCUT2D eigenvalue weighted by Gasteiger charge is 2.19. The van der Waals surface area contributed by atoms with Gasteiger partial charge in [0.15, 0.2) is 0 Å². The molecule has 1 N–H and O–H groups in total. The van der Waals surface area contributed by atoms with E-state index in [4.69, 9.17) is 0 Å². The van der Waals surface area contributed by atoms with E-state index in [1.807, 2.05) is 4.68 Å². The molecule has 0 saturated heterocycles. The summed E-state index contributed by atoms with van der Waals surface area (Å²) >= 11 is 0. The molecule has 4 heteroatoms. The van der Waals surface area contributed by atoms with Crippen molar-refractivity contribution in [3.05, 3.63) is 24.0 Å². The van der Waals surface area contributed by atoms with Crippen LogP contribution in [-0.4, -0.2) is 16.3 Å². The molecule has 1 atom stereocenters. The van der Waals surface area contributed by atoms with Crippen molar-refractivity contribution in [2.75, 3.05) is 11.9 Å². The van der Waals surface area contributed by atoms with Crippen LogP contribution in [0.25, 0.3) is 10.9 Å². The normalized spacial score (nSPS) is 20.0. The summed E-state index contributed by atoms with van der Waals surface area (Å²) in [6, 6.07) is 5.13. The second-order valence-corrected chi connectivity index (χ2v) is 4.02. The summed E-state index contributed by atoms with van der Waals surface area (Å²) in [5.41, 5.74) is 0.728. The number of nitrogens with one attached hydrogen (secondary N) is 1. The highest BCUT2D eigenvalue weighted by Crippen LogP contribution is 2.30. The molecule has 0 bridgehead atoms. The molecule has 15 heavy (non-hydrogen) atoms. The summed E-state index contributed by atoms with van der Waals surface area (Å²) in [4.78, 5) is 0. The van der Waals surface area contributed by atoms with Crippen molar-refractivity contribution in [1.82, 2.24) is 9.78 Å². The van der Waals surface area contributed by atoms with Gasteiger partial charge in [-0.25, -0.2) is 9.07 Å². The summed E-state index contributed by atoms with van der Waals surface area (Å²) in [5.74, 6) is 0.786. The molecule has 1 aliphatic rings. The van der Waals surface area contributed by atoms with Crippen molar-refractivity contribution in [3.8, 4) is 0 Å². The van der Waals surface area contributed by atoms with E-state index in [0.29, 0.717) is 6.04 Å². The van der Waals surface area contributed by atoms with Crippen LogP contribution < -0.4 is 5.32 Å². The van der Waals surface area contributed by atoms with Gasteiger partial charge >= 0.3 is 0 Å². The van der Waals surface area contributed by atoms with Crippen LogP contribution in [0.1, 0.15) is 19.4 Å². The monoisotopic (exact) mass is 205 g/mol. The van der Waals surface area contributed by atoms with Crippen molar-refractivity contribution in [2.45, 2.75) is 19.4 Å². The predicted octanol–water partition coefficient (Wildman–Crippen LogP) is 2.55. The van der Waals surface area contributed by atoms with Crippen LogP contribution in [0.4, 0.5) is 10.2 Å². The molecule has 1 aliphatic heterocycles. The van der Waals surface area contributed by atoms with Gasteiger partial charge in [0.2, 0.25) is 0 Å². The van der Waals surface area contributed by atoms with Gasteiger partial charge in [-0.3, -0.25) is 0 Å². The van der Waals surface area contributed by atoms with E-state index in [0.717, 1.165) is 29.7 Å². The average Bonchev–Trinajstić information content (AvgIpc) is 2.57. The van der Waals surface area contributed by atoms with E-state index in [1.165, 1.54) is 12.1 Å². The van der Waals surface area contributed by atoms with Gasteiger partial charge in [0.1, 0.15) is 11.6 Å². The lowest BCUT2D eigenvalue weighted by molar-refractivity contribution is 0.456. The third kappa shape index (κ3) is 1.21. The Bertz CT molecular complexity index is 518. The maximum Gasteiger partial charge on any atom is 0.132 e. The largest absolute Gasteiger partial charge is 0.370 e. The van der Waals surface area contributed by atoms with Gasteiger partial charge in [0, 0.05) is 18.0 Å². The van der Waals surface area contributed by atoms with Crippen LogP contribution in [-0.2, 0) is 0 Å². The van der Waals surface area contributed by atoms with Crippen molar-refractivity contribution in [2.24, 2.45) is 0 Å². The third-order valence-corrected chi connectivity index (χ3v) is 2.93. The summed E-state index contributed by atoms with van der Waals surface area (Å²) in [7, 11) is 0. The maximum atomic E-state index is 13.0. The van der Waals surface area contributed by atoms with Gasteiger partial charge in [0.25, 0.3) is 0 Å². The Kier molecular flexibility index (Phi) is 1.71. The number of rotatable bonds is 0. The Hall–Kier alpha value is -1.58. The number of fused-ring (bicyclic) bond motifs is 3. The zero-order valence-corrected chi connectivity index (χ0v) is 8.50. The van der Waals surface area contributed by atoms with Crippen LogP contribution in [0.5, 0.6) is 0 Å². The molecule has 1 aromatic carbocycles. The van der Waals surface area contributed by atoms with Gasteiger partial charge in [-0.2, -0.15) is 5.10 Å². The lowest BCUT2D eigenvalue weighted by Gasteiger charge is -2.22. The Balaban J connectivity index is 2.30. The van der Waals surface area contributed by atoms with Crippen LogP contribution in [0.3, 0.4) is 0 Å². The molecular weight excluding hydrogens is 193 g/mol. The summed E-state index contributed by atoms with van der Waals surface area (Å²) < 4.78 is 15.0. The SMILES string of the molecule is CC1CCNc2c3ccc(F)cc3nn21. The Labute approximate surface area is 86.9 Å². The number of aromatic nitrogens is 2. The predicted molar refractivity (Wildman–Crippen MR) is 57.5 cm³/mol. The summed E-state index contributed by atoms with van der Waals surface area (Å²) in [6.07, 6.45) is 1.06. The summed E-state index contributed by atoms with van der Waals surface area (Å²) in [6.45, 7) is 3.09.